The number of carboxylic acid groups (broad SMARTS) is 1. The van der Waals surface area contributed by atoms with Crippen molar-refractivity contribution in [1.82, 2.24) is 0 Å². The van der Waals surface area contributed by atoms with Gasteiger partial charge in [-0.15, -0.1) is 11.3 Å². The second kappa shape index (κ2) is 3.34. The number of carbonyl (C=O) groups is 1. The first-order valence-corrected chi connectivity index (χ1v) is 5.36. The van der Waals surface area contributed by atoms with Gasteiger partial charge in [0.1, 0.15) is 11.5 Å². The molecule has 1 N–H and O–H groups in total. The second-order valence-corrected chi connectivity index (χ2v) is 5.07. The van der Waals surface area contributed by atoms with Gasteiger partial charge in [-0.05, 0) is 26.0 Å². The molecule has 1 aliphatic rings. The van der Waals surface area contributed by atoms with Crippen molar-refractivity contribution in [2.75, 3.05) is 6.61 Å². The zero-order valence-electron chi connectivity index (χ0n) is 8.48. The van der Waals surface area contributed by atoms with Gasteiger partial charge in [-0.2, -0.15) is 0 Å². The van der Waals surface area contributed by atoms with Gasteiger partial charge in [-0.1, -0.05) is 0 Å². The maximum Gasteiger partial charge on any atom is 0.345 e. The molecule has 0 saturated carbocycles. The molecule has 0 saturated heterocycles. The molecule has 0 amide bonds. The Morgan fingerprint density at radius 3 is 2.80 bits per heavy atom. The highest BCUT2D eigenvalue weighted by Crippen LogP contribution is 2.25. The van der Waals surface area contributed by atoms with Gasteiger partial charge in [0, 0.05) is 0 Å². The summed E-state index contributed by atoms with van der Waals surface area (Å²) in [5.41, 5.74) is -0.206. The largest absolute Gasteiger partial charge is 0.477 e. The van der Waals surface area contributed by atoms with Gasteiger partial charge >= 0.3 is 5.97 Å². The normalized spacial score (nSPS) is 18.4. The molecular formula is C10H11NO3S. The summed E-state index contributed by atoms with van der Waals surface area (Å²) in [7, 11) is 0. The standard InChI is InChI=1S/C10H11NO3S/c1-10(2)5-14-8(11-10)6-3-4-7(15-6)9(12)13/h3-4H,5H2,1-2H3,(H,12,13). The monoisotopic (exact) mass is 225 g/mol. The average Bonchev–Trinajstić information content (AvgIpc) is 2.70. The fourth-order valence-corrected chi connectivity index (χ4v) is 2.07. The quantitative estimate of drug-likeness (QED) is 0.837. The van der Waals surface area contributed by atoms with Crippen molar-refractivity contribution in [1.29, 1.82) is 0 Å². The molecule has 80 valence electrons. The van der Waals surface area contributed by atoms with Crippen molar-refractivity contribution in [3.8, 4) is 0 Å². The molecule has 1 aromatic heterocycles. The zero-order valence-corrected chi connectivity index (χ0v) is 9.30. The lowest BCUT2D eigenvalue weighted by Crippen LogP contribution is -2.17. The van der Waals surface area contributed by atoms with Crippen molar-refractivity contribution >= 4 is 23.2 Å². The van der Waals surface area contributed by atoms with E-state index >= 15 is 0 Å². The lowest BCUT2D eigenvalue weighted by atomic mass is 10.1. The summed E-state index contributed by atoms with van der Waals surface area (Å²) in [6.45, 7) is 4.50. The first-order valence-electron chi connectivity index (χ1n) is 4.54. The SMILES string of the molecule is CC1(C)COC(c2ccc(C(=O)O)s2)=N1. The van der Waals surface area contributed by atoms with Gasteiger partial charge in [-0.3, -0.25) is 0 Å². The van der Waals surface area contributed by atoms with Crippen LogP contribution in [0.1, 0.15) is 28.4 Å². The van der Waals surface area contributed by atoms with Crippen LogP contribution in [-0.2, 0) is 4.74 Å². The summed E-state index contributed by atoms with van der Waals surface area (Å²) in [4.78, 5) is 16.1. The first kappa shape index (κ1) is 10.2. The fraction of sp³-hybridized carbons (Fsp3) is 0.400. The number of ether oxygens (including phenoxy) is 1. The molecule has 1 aromatic rings. The molecular weight excluding hydrogens is 214 g/mol. The predicted molar refractivity (Wildman–Crippen MR) is 57.8 cm³/mol. The van der Waals surface area contributed by atoms with Gasteiger partial charge < -0.3 is 9.84 Å². The third-order valence-corrected chi connectivity index (χ3v) is 3.06. The number of thiophene rings is 1. The molecule has 0 aromatic carbocycles. The van der Waals surface area contributed by atoms with Gasteiger partial charge in [-0.25, -0.2) is 9.79 Å². The molecule has 0 radical (unpaired) electrons. The van der Waals surface area contributed by atoms with Crippen molar-refractivity contribution in [2.24, 2.45) is 4.99 Å². The van der Waals surface area contributed by atoms with Crippen molar-refractivity contribution < 1.29 is 14.6 Å². The molecule has 0 aliphatic carbocycles. The molecule has 0 spiro atoms. The lowest BCUT2D eigenvalue weighted by Gasteiger charge is -2.07. The molecule has 0 fully saturated rings. The van der Waals surface area contributed by atoms with E-state index in [1.165, 1.54) is 11.3 Å². The van der Waals surface area contributed by atoms with Crippen LogP contribution in [0, 0.1) is 0 Å². The molecule has 0 bridgehead atoms. The number of nitrogens with zero attached hydrogens (tertiary/aromatic N) is 1. The Morgan fingerprint density at radius 2 is 2.33 bits per heavy atom. The third kappa shape index (κ3) is 2.02. The van der Waals surface area contributed by atoms with Crippen LogP contribution < -0.4 is 0 Å². The van der Waals surface area contributed by atoms with Crippen LogP contribution in [0.4, 0.5) is 0 Å². The van der Waals surface area contributed by atoms with E-state index in [9.17, 15) is 4.79 Å². The molecule has 5 heteroatoms. The van der Waals surface area contributed by atoms with Crippen LogP contribution in [0.2, 0.25) is 0 Å². The van der Waals surface area contributed by atoms with E-state index in [1.54, 1.807) is 12.1 Å². The number of rotatable bonds is 2. The maximum atomic E-state index is 10.7. The average molecular weight is 225 g/mol. The highest BCUT2D eigenvalue weighted by molar-refractivity contribution is 7.15. The van der Waals surface area contributed by atoms with Gasteiger partial charge in [0.25, 0.3) is 0 Å². The van der Waals surface area contributed by atoms with Crippen LogP contribution >= 0.6 is 11.3 Å². The Kier molecular flexibility index (Phi) is 2.26. The molecule has 15 heavy (non-hydrogen) atoms. The molecule has 2 heterocycles. The number of carboxylic acids is 1. The summed E-state index contributed by atoms with van der Waals surface area (Å²) in [5.74, 6) is -0.360. The summed E-state index contributed by atoms with van der Waals surface area (Å²) >= 11 is 1.18. The Hall–Kier alpha value is -1.36. The van der Waals surface area contributed by atoms with Crippen LogP contribution in [0.25, 0.3) is 0 Å². The Balaban J connectivity index is 2.28. The van der Waals surface area contributed by atoms with Gasteiger partial charge in [0.15, 0.2) is 0 Å². The number of aromatic carboxylic acids is 1. The Morgan fingerprint density at radius 1 is 1.60 bits per heavy atom. The Bertz CT molecular complexity index is 434. The highest BCUT2D eigenvalue weighted by atomic mass is 32.1. The summed E-state index contributed by atoms with van der Waals surface area (Å²) in [5, 5.41) is 8.77. The number of hydrogen-bond acceptors (Lipinski definition) is 4. The zero-order chi connectivity index (χ0) is 11.1. The summed E-state index contributed by atoms with van der Waals surface area (Å²) < 4.78 is 5.41. The summed E-state index contributed by atoms with van der Waals surface area (Å²) in [6, 6.07) is 3.30. The highest BCUT2D eigenvalue weighted by Gasteiger charge is 2.28. The van der Waals surface area contributed by atoms with Crippen LogP contribution in [0.3, 0.4) is 0 Å². The topological polar surface area (TPSA) is 58.9 Å². The molecule has 0 atom stereocenters. The lowest BCUT2D eigenvalue weighted by molar-refractivity contribution is 0.0702. The molecule has 1 aliphatic heterocycles. The minimum absolute atomic E-state index is 0.206. The van der Waals surface area contributed by atoms with E-state index in [0.717, 1.165) is 4.88 Å². The number of aliphatic imine (C=N–C) groups is 1. The van der Waals surface area contributed by atoms with Crippen LogP contribution in [0.5, 0.6) is 0 Å². The van der Waals surface area contributed by atoms with Crippen molar-refractivity contribution in [3.63, 3.8) is 0 Å². The second-order valence-electron chi connectivity index (χ2n) is 3.99. The van der Waals surface area contributed by atoms with Crippen LogP contribution in [-0.4, -0.2) is 29.1 Å². The van der Waals surface area contributed by atoms with Gasteiger partial charge in [0.05, 0.1) is 10.4 Å². The number of hydrogen-bond donors (Lipinski definition) is 1. The third-order valence-electron chi connectivity index (χ3n) is 1.99. The van der Waals surface area contributed by atoms with E-state index in [2.05, 4.69) is 4.99 Å². The van der Waals surface area contributed by atoms with E-state index in [-0.39, 0.29) is 5.54 Å². The molecule has 0 unspecified atom stereocenters. The van der Waals surface area contributed by atoms with E-state index in [1.807, 2.05) is 13.8 Å². The van der Waals surface area contributed by atoms with Gasteiger partial charge in [0.2, 0.25) is 5.90 Å². The smallest absolute Gasteiger partial charge is 0.345 e. The molecule has 4 nitrogen and oxygen atoms in total. The summed E-state index contributed by atoms with van der Waals surface area (Å²) in [6.07, 6.45) is 0. The van der Waals surface area contributed by atoms with E-state index in [4.69, 9.17) is 9.84 Å². The first-order chi connectivity index (χ1) is 6.98. The van der Waals surface area contributed by atoms with Crippen molar-refractivity contribution in [3.05, 3.63) is 21.9 Å². The molecule has 2 rings (SSSR count). The predicted octanol–water partition coefficient (Wildman–Crippen LogP) is 2.00. The van der Waals surface area contributed by atoms with E-state index in [0.29, 0.717) is 17.4 Å². The Labute approximate surface area is 91.2 Å². The minimum atomic E-state index is -0.913. The van der Waals surface area contributed by atoms with E-state index < -0.39 is 5.97 Å². The minimum Gasteiger partial charge on any atom is -0.477 e. The van der Waals surface area contributed by atoms with Crippen molar-refractivity contribution in [2.45, 2.75) is 19.4 Å². The van der Waals surface area contributed by atoms with Crippen LogP contribution in [0.15, 0.2) is 17.1 Å². The fourth-order valence-electron chi connectivity index (χ4n) is 1.28. The maximum absolute atomic E-state index is 10.7.